The molecule has 0 aromatic heterocycles. The van der Waals surface area contributed by atoms with Gasteiger partial charge in [0.15, 0.2) is 0 Å². The second-order valence-electron chi connectivity index (χ2n) is 6.37. The molecular weight excluding hydrogens is 264 g/mol. The summed E-state index contributed by atoms with van der Waals surface area (Å²) in [5.74, 6) is 1.27. The molecule has 0 spiro atoms. The Kier molecular flexibility index (Phi) is 5.94. The Hall–Kier alpha value is -0.510. The predicted octanol–water partition coefficient (Wildman–Crippen LogP) is 3.03. The topological polar surface area (TPSA) is 15.3 Å². The van der Waals surface area contributed by atoms with Crippen LogP contribution < -0.4 is 5.32 Å². The Balaban J connectivity index is 1.90. The van der Waals surface area contributed by atoms with Crippen LogP contribution in [0.25, 0.3) is 0 Å². The van der Waals surface area contributed by atoms with Crippen LogP contribution in [0.4, 0.5) is 0 Å². The zero-order valence-corrected chi connectivity index (χ0v) is 13.9. The highest BCUT2D eigenvalue weighted by Gasteiger charge is 2.33. The van der Waals surface area contributed by atoms with Gasteiger partial charge in [-0.15, -0.1) is 0 Å². The van der Waals surface area contributed by atoms with Crippen molar-refractivity contribution in [3.63, 3.8) is 0 Å². The third kappa shape index (κ3) is 4.51. The summed E-state index contributed by atoms with van der Waals surface area (Å²) in [5.41, 5.74) is 1.72. The molecule has 1 heterocycles. The molecule has 3 heteroatoms. The average molecular weight is 292 g/mol. The molecule has 20 heavy (non-hydrogen) atoms. The lowest BCUT2D eigenvalue weighted by Gasteiger charge is -2.46. The van der Waals surface area contributed by atoms with E-state index in [2.05, 4.69) is 60.7 Å². The van der Waals surface area contributed by atoms with Gasteiger partial charge in [-0.1, -0.05) is 30.3 Å². The molecule has 0 radical (unpaired) electrons. The summed E-state index contributed by atoms with van der Waals surface area (Å²) in [6, 6.07) is 11.4. The first-order valence-electron chi connectivity index (χ1n) is 7.63. The van der Waals surface area contributed by atoms with E-state index in [-0.39, 0.29) is 5.54 Å². The molecule has 2 rings (SSSR count). The zero-order valence-electron chi connectivity index (χ0n) is 13.1. The number of nitrogens with one attached hydrogen (secondary N) is 1. The van der Waals surface area contributed by atoms with Gasteiger partial charge in [0.2, 0.25) is 0 Å². The van der Waals surface area contributed by atoms with Crippen LogP contribution in [0.2, 0.25) is 0 Å². The Bertz CT molecular complexity index is 391. The van der Waals surface area contributed by atoms with Crippen molar-refractivity contribution < 1.29 is 0 Å². The highest BCUT2D eigenvalue weighted by Crippen LogP contribution is 2.20. The quantitative estimate of drug-likeness (QED) is 0.811. The molecule has 1 saturated heterocycles. The maximum atomic E-state index is 3.73. The Morgan fingerprint density at radius 2 is 2.05 bits per heavy atom. The molecule has 1 unspecified atom stereocenters. The standard InChI is InChI=1S/C17H28N2S/c1-17(2)14-18-16(12-15-8-5-4-6-9-15)13-19(17)10-7-11-20-3/h4-6,8-9,16,18H,7,10-14H2,1-3H3. The molecule has 0 amide bonds. The molecule has 0 saturated carbocycles. The predicted molar refractivity (Wildman–Crippen MR) is 90.6 cm³/mol. The van der Waals surface area contributed by atoms with Crippen molar-refractivity contribution in [2.75, 3.05) is 31.6 Å². The van der Waals surface area contributed by atoms with Gasteiger partial charge in [0, 0.05) is 24.7 Å². The Morgan fingerprint density at radius 1 is 1.30 bits per heavy atom. The highest BCUT2D eigenvalue weighted by atomic mass is 32.2. The summed E-state index contributed by atoms with van der Waals surface area (Å²) in [4.78, 5) is 2.67. The lowest BCUT2D eigenvalue weighted by atomic mass is 9.94. The molecule has 0 bridgehead atoms. The SMILES string of the molecule is CSCCCN1CC(Cc2ccccc2)NCC1(C)C. The van der Waals surface area contributed by atoms with E-state index in [1.54, 1.807) is 0 Å². The highest BCUT2D eigenvalue weighted by molar-refractivity contribution is 7.98. The van der Waals surface area contributed by atoms with Gasteiger partial charge >= 0.3 is 0 Å². The third-order valence-electron chi connectivity index (χ3n) is 4.22. The smallest absolute Gasteiger partial charge is 0.0278 e. The van der Waals surface area contributed by atoms with E-state index in [0.717, 1.165) is 19.5 Å². The van der Waals surface area contributed by atoms with Gasteiger partial charge in [0.25, 0.3) is 0 Å². The Labute approximate surface area is 128 Å². The van der Waals surface area contributed by atoms with Crippen molar-refractivity contribution in [1.29, 1.82) is 0 Å². The summed E-state index contributed by atoms with van der Waals surface area (Å²) in [7, 11) is 0. The van der Waals surface area contributed by atoms with E-state index in [1.807, 2.05) is 11.8 Å². The molecule has 1 aliphatic heterocycles. The van der Waals surface area contributed by atoms with Crippen LogP contribution >= 0.6 is 11.8 Å². The lowest BCUT2D eigenvalue weighted by Crippen LogP contribution is -2.62. The van der Waals surface area contributed by atoms with E-state index < -0.39 is 0 Å². The van der Waals surface area contributed by atoms with Crippen molar-refractivity contribution >= 4 is 11.8 Å². The van der Waals surface area contributed by atoms with Crippen LogP contribution in [-0.2, 0) is 6.42 Å². The molecule has 1 N–H and O–H groups in total. The normalized spacial score (nSPS) is 22.9. The van der Waals surface area contributed by atoms with E-state index in [4.69, 9.17) is 0 Å². The van der Waals surface area contributed by atoms with E-state index in [9.17, 15) is 0 Å². The molecular formula is C17H28N2S. The van der Waals surface area contributed by atoms with E-state index in [0.29, 0.717) is 6.04 Å². The number of hydrogen-bond donors (Lipinski definition) is 1. The van der Waals surface area contributed by atoms with Crippen LogP contribution in [-0.4, -0.2) is 48.1 Å². The van der Waals surface area contributed by atoms with Gasteiger partial charge in [-0.2, -0.15) is 11.8 Å². The van der Waals surface area contributed by atoms with Gasteiger partial charge in [-0.3, -0.25) is 4.90 Å². The fourth-order valence-electron chi connectivity index (χ4n) is 2.91. The monoisotopic (exact) mass is 292 g/mol. The van der Waals surface area contributed by atoms with Crippen molar-refractivity contribution in [2.45, 2.75) is 38.3 Å². The number of hydrogen-bond acceptors (Lipinski definition) is 3. The van der Waals surface area contributed by atoms with Crippen molar-refractivity contribution in [2.24, 2.45) is 0 Å². The van der Waals surface area contributed by atoms with Gasteiger partial charge in [-0.05, 0) is 50.8 Å². The van der Waals surface area contributed by atoms with Gasteiger partial charge < -0.3 is 5.32 Å². The molecule has 2 nitrogen and oxygen atoms in total. The van der Waals surface area contributed by atoms with Crippen LogP contribution in [0.1, 0.15) is 25.8 Å². The fraction of sp³-hybridized carbons (Fsp3) is 0.647. The van der Waals surface area contributed by atoms with Crippen LogP contribution in [0.3, 0.4) is 0 Å². The number of thioether (sulfide) groups is 1. The molecule has 1 aliphatic rings. The first-order valence-corrected chi connectivity index (χ1v) is 9.02. The van der Waals surface area contributed by atoms with Crippen LogP contribution in [0.5, 0.6) is 0 Å². The summed E-state index contributed by atoms with van der Waals surface area (Å²) in [6.45, 7) is 8.19. The molecule has 1 atom stereocenters. The second kappa shape index (κ2) is 7.48. The Morgan fingerprint density at radius 3 is 2.75 bits per heavy atom. The molecule has 112 valence electrons. The first-order chi connectivity index (χ1) is 9.62. The number of nitrogens with zero attached hydrogens (tertiary/aromatic N) is 1. The summed E-state index contributed by atoms with van der Waals surface area (Å²) < 4.78 is 0. The second-order valence-corrected chi connectivity index (χ2v) is 7.36. The average Bonchev–Trinajstić information content (AvgIpc) is 2.44. The summed E-state index contributed by atoms with van der Waals surface area (Å²) in [6.07, 6.45) is 4.62. The zero-order chi connectivity index (χ0) is 14.4. The van der Waals surface area contributed by atoms with Crippen LogP contribution in [0.15, 0.2) is 30.3 Å². The maximum Gasteiger partial charge on any atom is 0.0278 e. The van der Waals surface area contributed by atoms with Crippen LogP contribution in [0, 0.1) is 0 Å². The van der Waals surface area contributed by atoms with Gasteiger partial charge in [-0.25, -0.2) is 0 Å². The minimum absolute atomic E-state index is 0.283. The minimum Gasteiger partial charge on any atom is -0.311 e. The molecule has 1 aromatic rings. The van der Waals surface area contributed by atoms with Gasteiger partial charge in [0.1, 0.15) is 0 Å². The third-order valence-corrected chi connectivity index (χ3v) is 4.92. The number of benzene rings is 1. The first kappa shape index (κ1) is 15.9. The number of rotatable bonds is 6. The molecule has 1 aromatic carbocycles. The summed E-state index contributed by atoms with van der Waals surface area (Å²) >= 11 is 1.95. The van der Waals surface area contributed by atoms with Crippen molar-refractivity contribution in [1.82, 2.24) is 10.2 Å². The van der Waals surface area contributed by atoms with Crippen molar-refractivity contribution in [3.8, 4) is 0 Å². The number of piperazine rings is 1. The maximum absolute atomic E-state index is 3.73. The largest absolute Gasteiger partial charge is 0.311 e. The van der Waals surface area contributed by atoms with Crippen molar-refractivity contribution in [3.05, 3.63) is 35.9 Å². The lowest BCUT2D eigenvalue weighted by molar-refractivity contribution is 0.0666. The van der Waals surface area contributed by atoms with E-state index in [1.165, 1.54) is 24.3 Å². The molecule has 0 aliphatic carbocycles. The molecule has 1 fully saturated rings. The van der Waals surface area contributed by atoms with Gasteiger partial charge in [0.05, 0.1) is 0 Å². The summed E-state index contributed by atoms with van der Waals surface area (Å²) in [5, 5.41) is 3.73. The fourth-order valence-corrected chi connectivity index (χ4v) is 3.33. The minimum atomic E-state index is 0.283. The van der Waals surface area contributed by atoms with E-state index >= 15 is 0 Å².